The van der Waals surface area contributed by atoms with Crippen LogP contribution in [0.1, 0.15) is 25.0 Å². The molecule has 0 unspecified atom stereocenters. The van der Waals surface area contributed by atoms with Crippen molar-refractivity contribution < 1.29 is 4.79 Å². The van der Waals surface area contributed by atoms with Crippen molar-refractivity contribution >= 4 is 11.6 Å². The molecule has 20 heavy (non-hydrogen) atoms. The molecule has 0 saturated heterocycles. The molecule has 0 aliphatic carbocycles. The maximum Gasteiger partial charge on any atom is 0.238 e. The summed E-state index contributed by atoms with van der Waals surface area (Å²) in [4.78, 5) is 14.1. The van der Waals surface area contributed by atoms with Gasteiger partial charge in [0.25, 0.3) is 0 Å². The Morgan fingerprint density at radius 1 is 1.35 bits per heavy atom. The number of carbonyl (C=O) groups is 1. The smallest absolute Gasteiger partial charge is 0.238 e. The Morgan fingerprint density at radius 2 is 2.00 bits per heavy atom. The number of benzene rings is 1. The van der Waals surface area contributed by atoms with Gasteiger partial charge in [0, 0.05) is 12.2 Å². The van der Waals surface area contributed by atoms with Crippen LogP contribution in [0.5, 0.6) is 0 Å². The van der Waals surface area contributed by atoms with Crippen molar-refractivity contribution in [1.82, 2.24) is 4.90 Å². The Balaban J connectivity index is 2.55. The second-order valence-corrected chi connectivity index (χ2v) is 6.41. The van der Waals surface area contributed by atoms with Crippen molar-refractivity contribution in [2.75, 3.05) is 32.0 Å². The molecule has 0 radical (unpaired) electrons. The van der Waals surface area contributed by atoms with E-state index < -0.39 is 0 Å². The van der Waals surface area contributed by atoms with Gasteiger partial charge >= 0.3 is 0 Å². The minimum Gasteiger partial charge on any atom is -0.330 e. The number of rotatable bonds is 6. The van der Waals surface area contributed by atoms with Crippen molar-refractivity contribution in [2.24, 2.45) is 11.1 Å². The number of carbonyl (C=O) groups excluding carboxylic acids is 1. The minimum absolute atomic E-state index is 0.00674. The summed E-state index contributed by atoms with van der Waals surface area (Å²) in [6, 6.07) is 6.02. The van der Waals surface area contributed by atoms with E-state index in [2.05, 4.69) is 25.2 Å². The first-order valence-electron chi connectivity index (χ1n) is 6.99. The third-order valence-corrected chi connectivity index (χ3v) is 3.32. The van der Waals surface area contributed by atoms with E-state index in [0.717, 1.165) is 17.8 Å². The van der Waals surface area contributed by atoms with Gasteiger partial charge in [0.05, 0.1) is 6.54 Å². The van der Waals surface area contributed by atoms with Gasteiger partial charge in [-0.2, -0.15) is 0 Å². The zero-order valence-electron chi connectivity index (χ0n) is 13.3. The van der Waals surface area contributed by atoms with E-state index in [4.69, 9.17) is 5.73 Å². The number of anilines is 1. The van der Waals surface area contributed by atoms with E-state index in [-0.39, 0.29) is 11.3 Å². The van der Waals surface area contributed by atoms with Crippen LogP contribution in [0.2, 0.25) is 0 Å². The number of nitrogens with one attached hydrogen (secondary N) is 1. The zero-order chi connectivity index (χ0) is 15.3. The molecule has 0 atom stereocenters. The van der Waals surface area contributed by atoms with Crippen molar-refractivity contribution in [2.45, 2.75) is 27.7 Å². The van der Waals surface area contributed by atoms with Gasteiger partial charge in [-0.1, -0.05) is 31.5 Å². The molecule has 0 fully saturated rings. The molecule has 1 rings (SSSR count). The molecule has 0 aliphatic rings. The first-order valence-corrected chi connectivity index (χ1v) is 6.99. The summed E-state index contributed by atoms with van der Waals surface area (Å²) in [5, 5.41) is 2.96. The molecule has 0 aromatic heterocycles. The fourth-order valence-electron chi connectivity index (χ4n) is 2.24. The van der Waals surface area contributed by atoms with Gasteiger partial charge in [0.2, 0.25) is 5.91 Å². The molecule has 3 N–H and O–H groups in total. The van der Waals surface area contributed by atoms with Crippen LogP contribution in [0.15, 0.2) is 18.2 Å². The molecule has 112 valence electrons. The Bertz CT molecular complexity index is 469. The molecule has 0 bridgehead atoms. The minimum atomic E-state index is 0.00674. The van der Waals surface area contributed by atoms with Crippen molar-refractivity contribution in [1.29, 1.82) is 0 Å². The summed E-state index contributed by atoms with van der Waals surface area (Å²) >= 11 is 0. The van der Waals surface area contributed by atoms with Crippen molar-refractivity contribution in [3.05, 3.63) is 29.3 Å². The fourth-order valence-corrected chi connectivity index (χ4v) is 2.24. The van der Waals surface area contributed by atoms with Crippen LogP contribution in [0.3, 0.4) is 0 Å². The highest BCUT2D eigenvalue weighted by molar-refractivity contribution is 5.92. The molecule has 4 nitrogen and oxygen atoms in total. The van der Waals surface area contributed by atoms with Gasteiger partial charge in [0.15, 0.2) is 0 Å². The standard InChI is InChI=1S/C16H27N3O/c1-12-6-7-14(13(2)8-12)18-15(20)9-19(5)11-16(3,4)10-17/h6-8H,9-11,17H2,1-5H3,(H,18,20). The normalized spacial score (nSPS) is 11.8. The lowest BCUT2D eigenvalue weighted by atomic mass is 9.93. The Hall–Kier alpha value is -1.39. The highest BCUT2D eigenvalue weighted by Gasteiger charge is 2.19. The van der Waals surface area contributed by atoms with E-state index in [0.29, 0.717) is 13.1 Å². The van der Waals surface area contributed by atoms with E-state index in [9.17, 15) is 4.79 Å². The number of amides is 1. The van der Waals surface area contributed by atoms with Crippen LogP contribution in [-0.2, 0) is 4.79 Å². The molecule has 1 amide bonds. The van der Waals surface area contributed by atoms with E-state index in [1.165, 1.54) is 5.56 Å². The van der Waals surface area contributed by atoms with E-state index >= 15 is 0 Å². The molecular formula is C16H27N3O. The molecule has 1 aromatic carbocycles. The van der Waals surface area contributed by atoms with Gasteiger partial charge in [-0.3, -0.25) is 9.69 Å². The maximum atomic E-state index is 12.1. The van der Waals surface area contributed by atoms with Gasteiger partial charge in [0.1, 0.15) is 0 Å². The lowest BCUT2D eigenvalue weighted by Gasteiger charge is -2.28. The van der Waals surface area contributed by atoms with E-state index in [1.807, 2.05) is 37.9 Å². The quantitative estimate of drug-likeness (QED) is 0.837. The lowest BCUT2D eigenvalue weighted by Crippen LogP contribution is -2.40. The first kappa shape index (κ1) is 16.7. The molecular weight excluding hydrogens is 250 g/mol. The van der Waals surface area contributed by atoms with Crippen LogP contribution in [0.25, 0.3) is 0 Å². The number of aryl methyl sites for hydroxylation is 2. The second kappa shape index (κ2) is 6.86. The molecule has 0 aliphatic heterocycles. The molecule has 1 aromatic rings. The molecule has 4 heteroatoms. The lowest BCUT2D eigenvalue weighted by molar-refractivity contribution is -0.117. The monoisotopic (exact) mass is 277 g/mol. The fraction of sp³-hybridized carbons (Fsp3) is 0.562. The SMILES string of the molecule is Cc1ccc(NC(=O)CN(C)CC(C)(C)CN)c(C)c1. The van der Waals surface area contributed by atoms with Gasteiger partial charge in [-0.05, 0) is 44.5 Å². The first-order chi connectivity index (χ1) is 9.23. The summed E-state index contributed by atoms with van der Waals surface area (Å²) in [6.45, 7) is 10.0. The second-order valence-electron chi connectivity index (χ2n) is 6.41. The number of nitrogens with zero attached hydrogens (tertiary/aromatic N) is 1. The summed E-state index contributed by atoms with van der Waals surface area (Å²) < 4.78 is 0. The molecule has 0 spiro atoms. The third kappa shape index (κ3) is 5.31. The molecule has 0 heterocycles. The topological polar surface area (TPSA) is 58.4 Å². The average molecular weight is 277 g/mol. The summed E-state index contributed by atoms with van der Waals surface area (Å²) in [6.07, 6.45) is 0. The number of nitrogens with two attached hydrogens (primary N) is 1. The van der Waals surface area contributed by atoms with Gasteiger partial charge in [-0.15, -0.1) is 0 Å². The number of hydrogen-bond acceptors (Lipinski definition) is 3. The number of likely N-dealkylation sites (N-methyl/N-ethyl adjacent to an activating group) is 1. The van der Waals surface area contributed by atoms with Crippen LogP contribution in [-0.4, -0.2) is 37.5 Å². The highest BCUT2D eigenvalue weighted by Crippen LogP contribution is 2.16. The van der Waals surface area contributed by atoms with Crippen molar-refractivity contribution in [3.63, 3.8) is 0 Å². The highest BCUT2D eigenvalue weighted by atomic mass is 16.2. The third-order valence-electron chi connectivity index (χ3n) is 3.32. The predicted molar refractivity (Wildman–Crippen MR) is 84.9 cm³/mol. The van der Waals surface area contributed by atoms with E-state index in [1.54, 1.807) is 0 Å². The Morgan fingerprint density at radius 3 is 2.55 bits per heavy atom. The molecule has 0 saturated carbocycles. The summed E-state index contributed by atoms with van der Waals surface area (Å²) in [5.74, 6) is 0.00674. The average Bonchev–Trinajstić information content (AvgIpc) is 2.32. The zero-order valence-corrected chi connectivity index (χ0v) is 13.3. The Kier molecular flexibility index (Phi) is 5.72. The summed E-state index contributed by atoms with van der Waals surface area (Å²) in [5.41, 5.74) is 8.90. The number of hydrogen-bond donors (Lipinski definition) is 2. The summed E-state index contributed by atoms with van der Waals surface area (Å²) in [7, 11) is 1.94. The van der Waals surface area contributed by atoms with Crippen LogP contribution < -0.4 is 11.1 Å². The maximum absolute atomic E-state index is 12.1. The van der Waals surface area contributed by atoms with Crippen molar-refractivity contribution in [3.8, 4) is 0 Å². The Labute approximate surface area is 122 Å². The van der Waals surface area contributed by atoms with Gasteiger partial charge < -0.3 is 11.1 Å². The van der Waals surface area contributed by atoms with Crippen LogP contribution >= 0.6 is 0 Å². The largest absolute Gasteiger partial charge is 0.330 e. The predicted octanol–water partition coefficient (Wildman–Crippen LogP) is 2.16. The van der Waals surface area contributed by atoms with Crippen LogP contribution in [0, 0.1) is 19.3 Å². The van der Waals surface area contributed by atoms with Crippen LogP contribution in [0.4, 0.5) is 5.69 Å². The van der Waals surface area contributed by atoms with Gasteiger partial charge in [-0.25, -0.2) is 0 Å².